The molecule has 2 aromatic rings. The number of nitrogens with one attached hydrogen (secondary N) is 1. The molecule has 2 heterocycles. The number of fused-ring (bicyclic) bond motifs is 1. The lowest BCUT2D eigenvalue weighted by Crippen LogP contribution is -2.44. The van der Waals surface area contributed by atoms with Crippen molar-refractivity contribution in [3.63, 3.8) is 0 Å². The Morgan fingerprint density at radius 3 is 2.74 bits per heavy atom. The predicted molar refractivity (Wildman–Crippen MR) is 121 cm³/mol. The van der Waals surface area contributed by atoms with E-state index >= 15 is 0 Å². The summed E-state index contributed by atoms with van der Waals surface area (Å²) in [5, 5.41) is 3.53. The van der Waals surface area contributed by atoms with Crippen LogP contribution in [0.25, 0.3) is 11.1 Å². The molecule has 0 spiro atoms. The molecule has 1 amide bonds. The first-order valence-electron chi connectivity index (χ1n) is 11.2. The Bertz CT molecular complexity index is 1030. The maximum atomic E-state index is 12.9. The van der Waals surface area contributed by atoms with Crippen molar-refractivity contribution in [2.24, 2.45) is 11.8 Å². The van der Waals surface area contributed by atoms with Gasteiger partial charge in [0.1, 0.15) is 5.52 Å². The van der Waals surface area contributed by atoms with E-state index in [0.29, 0.717) is 41.2 Å². The average molecular weight is 466 g/mol. The summed E-state index contributed by atoms with van der Waals surface area (Å²) in [6.07, 6.45) is 6.26. The summed E-state index contributed by atoms with van der Waals surface area (Å²) in [6.45, 7) is 5.58. The highest BCUT2D eigenvalue weighted by Crippen LogP contribution is 2.30. The molecule has 1 aromatic carbocycles. The molecule has 9 heteroatoms. The zero-order valence-electron chi connectivity index (χ0n) is 18.2. The number of aromatic nitrogens is 1. The van der Waals surface area contributed by atoms with Crippen LogP contribution in [0.3, 0.4) is 0 Å². The van der Waals surface area contributed by atoms with Crippen LogP contribution in [0.5, 0.6) is 0 Å². The van der Waals surface area contributed by atoms with Gasteiger partial charge in [0.15, 0.2) is 5.58 Å². The standard InChI is InChI=1S/C22H31N3O4S2/c1-15-7-6-8-18(16(15)2)23-21(26)14-30-22-24-19-13-17(9-10-20(19)29-22)31(27,28)25-11-4-3-5-12-25/h9-10,13,15-16,18H,3-8,11-12,14H2,1-2H3,(H,23,26)/t15-,16+,18-/m0/s1. The predicted octanol–water partition coefficient (Wildman–Crippen LogP) is 4.04. The van der Waals surface area contributed by atoms with Crippen LogP contribution in [-0.4, -0.2) is 48.5 Å². The number of thioether (sulfide) groups is 1. The number of amides is 1. The number of carbonyl (C=O) groups is 1. The van der Waals surface area contributed by atoms with Gasteiger partial charge < -0.3 is 9.73 Å². The number of oxazole rings is 1. The minimum absolute atomic E-state index is 0.0217. The summed E-state index contributed by atoms with van der Waals surface area (Å²) in [7, 11) is -3.52. The van der Waals surface area contributed by atoms with Gasteiger partial charge >= 0.3 is 0 Å². The Morgan fingerprint density at radius 1 is 1.19 bits per heavy atom. The minimum Gasteiger partial charge on any atom is -0.431 e. The lowest BCUT2D eigenvalue weighted by Gasteiger charge is -2.34. The highest BCUT2D eigenvalue weighted by atomic mass is 32.2. The highest BCUT2D eigenvalue weighted by molar-refractivity contribution is 7.99. The Balaban J connectivity index is 1.39. The molecule has 1 N–H and O–H groups in total. The average Bonchev–Trinajstić information content (AvgIpc) is 3.18. The molecule has 0 radical (unpaired) electrons. The molecule has 2 aliphatic rings. The van der Waals surface area contributed by atoms with Crippen molar-refractivity contribution in [3.8, 4) is 0 Å². The van der Waals surface area contributed by atoms with E-state index in [2.05, 4.69) is 24.1 Å². The fourth-order valence-corrected chi connectivity index (χ4v) is 6.71. The first kappa shape index (κ1) is 22.6. The number of piperidine rings is 1. The molecule has 0 bridgehead atoms. The Morgan fingerprint density at radius 2 is 1.97 bits per heavy atom. The fraction of sp³-hybridized carbons (Fsp3) is 0.636. The largest absolute Gasteiger partial charge is 0.431 e. The molecule has 2 fully saturated rings. The summed E-state index contributed by atoms with van der Waals surface area (Å²) >= 11 is 1.24. The Labute approximate surface area is 188 Å². The van der Waals surface area contributed by atoms with Crippen LogP contribution < -0.4 is 5.32 Å². The van der Waals surface area contributed by atoms with Crippen LogP contribution in [0, 0.1) is 11.8 Å². The molecule has 7 nitrogen and oxygen atoms in total. The fourth-order valence-electron chi connectivity index (χ4n) is 4.52. The third-order valence-electron chi connectivity index (χ3n) is 6.67. The number of nitrogens with zero attached hydrogens (tertiary/aromatic N) is 2. The van der Waals surface area contributed by atoms with Crippen LogP contribution in [-0.2, 0) is 14.8 Å². The number of hydrogen-bond acceptors (Lipinski definition) is 6. The summed E-state index contributed by atoms with van der Waals surface area (Å²) in [6, 6.07) is 5.01. The molecule has 1 aliphatic carbocycles. The SMILES string of the molecule is C[C@H]1[C@@H](NC(=O)CSc2nc3cc(S(=O)(=O)N4CCCCC4)ccc3o2)CCC[C@@H]1C. The third kappa shape index (κ3) is 5.09. The van der Waals surface area contributed by atoms with Gasteiger partial charge in [0.05, 0.1) is 10.6 Å². The topological polar surface area (TPSA) is 92.5 Å². The van der Waals surface area contributed by atoms with Crippen LogP contribution in [0.2, 0.25) is 0 Å². The third-order valence-corrected chi connectivity index (χ3v) is 9.39. The van der Waals surface area contributed by atoms with E-state index in [1.807, 2.05) is 0 Å². The molecular formula is C22H31N3O4S2. The number of sulfonamides is 1. The first-order chi connectivity index (χ1) is 14.8. The van der Waals surface area contributed by atoms with Crippen molar-refractivity contribution in [2.75, 3.05) is 18.8 Å². The summed E-state index contributed by atoms with van der Waals surface area (Å²) < 4.78 is 33.1. The van der Waals surface area contributed by atoms with Gasteiger partial charge in [0.25, 0.3) is 5.22 Å². The van der Waals surface area contributed by atoms with E-state index < -0.39 is 10.0 Å². The lowest BCUT2D eigenvalue weighted by molar-refractivity contribution is -0.120. The van der Waals surface area contributed by atoms with E-state index in [1.54, 1.807) is 22.5 Å². The summed E-state index contributed by atoms with van der Waals surface area (Å²) in [5.41, 5.74) is 1.02. The van der Waals surface area contributed by atoms with Gasteiger partial charge in [-0.25, -0.2) is 13.4 Å². The van der Waals surface area contributed by atoms with Crippen LogP contribution in [0.1, 0.15) is 52.4 Å². The van der Waals surface area contributed by atoms with E-state index in [0.717, 1.165) is 32.1 Å². The molecule has 1 saturated carbocycles. The second kappa shape index (κ2) is 9.50. The summed E-state index contributed by atoms with van der Waals surface area (Å²) in [4.78, 5) is 17.1. The second-order valence-corrected chi connectivity index (χ2v) is 11.7. The van der Waals surface area contributed by atoms with Gasteiger partial charge in [-0.1, -0.05) is 44.9 Å². The molecular weight excluding hydrogens is 434 g/mol. The Hall–Kier alpha value is -1.58. The van der Waals surface area contributed by atoms with Crippen molar-refractivity contribution in [3.05, 3.63) is 18.2 Å². The van der Waals surface area contributed by atoms with Gasteiger partial charge in [-0.15, -0.1) is 0 Å². The van der Waals surface area contributed by atoms with Gasteiger partial charge in [-0.2, -0.15) is 4.31 Å². The molecule has 1 saturated heterocycles. The number of rotatable bonds is 6. The van der Waals surface area contributed by atoms with Crippen LogP contribution >= 0.6 is 11.8 Å². The number of benzene rings is 1. The molecule has 0 unspecified atom stereocenters. The minimum atomic E-state index is -3.52. The second-order valence-electron chi connectivity index (χ2n) is 8.80. The van der Waals surface area contributed by atoms with Crippen molar-refractivity contribution < 1.29 is 17.6 Å². The molecule has 170 valence electrons. The van der Waals surface area contributed by atoms with Crippen molar-refractivity contribution in [2.45, 2.75) is 68.5 Å². The molecule has 1 aliphatic heterocycles. The van der Waals surface area contributed by atoms with E-state index in [1.165, 1.54) is 18.2 Å². The zero-order valence-corrected chi connectivity index (χ0v) is 19.8. The molecule has 1 aromatic heterocycles. The van der Waals surface area contributed by atoms with Crippen molar-refractivity contribution in [1.82, 2.24) is 14.6 Å². The van der Waals surface area contributed by atoms with E-state index in [-0.39, 0.29) is 22.6 Å². The normalized spacial score (nSPS) is 25.5. The van der Waals surface area contributed by atoms with Gasteiger partial charge in [0.2, 0.25) is 15.9 Å². The van der Waals surface area contributed by atoms with Crippen molar-refractivity contribution in [1.29, 1.82) is 0 Å². The monoisotopic (exact) mass is 465 g/mol. The van der Waals surface area contributed by atoms with Crippen LogP contribution in [0.15, 0.2) is 32.7 Å². The maximum absolute atomic E-state index is 12.9. The van der Waals surface area contributed by atoms with Gasteiger partial charge in [-0.3, -0.25) is 4.79 Å². The first-order valence-corrected chi connectivity index (χ1v) is 13.6. The lowest BCUT2D eigenvalue weighted by atomic mass is 9.78. The van der Waals surface area contributed by atoms with E-state index in [4.69, 9.17) is 4.42 Å². The molecule has 31 heavy (non-hydrogen) atoms. The van der Waals surface area contributed by atoms with Crippen molar-refractivity contribution >= 4 is 38.8 Å². The summed E-state index contributed by atoms with van der Waals surface area (Å²) in [5.74, 6) is 1.31. The van der Waals surface area contributed by atoms with Gasteiger partial charge in [-0.05, 0) is 49.3 Å². The number of carbonyl (C=O) groups excluding carboxylic acids is 1. The quantitative estimate of drug-likeness (QED) is 0.648. The number of hydrogen-bond donors (Lipinski definition) is 1. The van der Waals surface area contributed by atoms with Gasteiger partial charge in [0, 0.05) is 19.1 Å². The zero-order chi connectivity index (χ0) is 22.0. The van der Waals surface area contributed by atoms with E-state index in [9.17, 15) is 13.2 Å². The molecule has 3 atom stereocenters. The Kier molecular flexibility index (Phi) is 6.93. The highest BCUT2D eigenvalue weighted by Gasteiger charge is 2.29. The van der Waals surface area contributed by atoms with Crippen LogP contribution in [0.4, 0.5) is 0 Å². The smallest absolute Gasteiger partial charge is 0.257 e. The maximum Gasteiger partial charge on any atom is 0.257 e. The molecule has 4 rings (SSSR count).